The number of rotatable bonds is 3. The smallest absolute Gasteiger partial charge is 0.199 e. The number of nitrogens with two attached hydrogens (primary N) is 1. The number of hydrogen-bond acceptors (Lipinski definition) is 9. The number of aliphatic hydroxyl groups is 4. The van der Waals surface area contributed by atoms with E-state index in [-0.39, 0.29) is 17.0 Å². The van der Waals surface area contributed by atoms with Crippen LogP contribution in [0.5, 0.6) is 0 Å². The number of aromatic nitrogens is 4. The standard InChI is InChI=1S/C11H15N5O5/c12-9-6-10(14-3-13-9)16(4-15-6)11(2-18)8(20)7(19)5(1-17)21-11/h3-5,7-8,17-20H,1-2H2,(H2,12,13,14)/t5-,7?,8?,11-/m1/s1. The fraction of sp³-hybridized carbons (Fsp3) is 0.545. The summed E-state index contributed by atoms with van der Waals surface area (Å²) in [5.74, 6) is 0.138. The monoisotopic (exact) mass is 297 g/mol. The van der Waals surface area contributed by atoms with Crippen molar-refractivity contribution < 1.29 is 25.2 Å². The van der Waals surface area contributed by atoms with Crippen molar-refractivity contribution in [1.82, 2.24) is 19.5 Å². The van der Waals surface area contributed by atoms with E-state index in [9.17, 15) is 20.4 Å². The van der Waals surface area contributed by atoms with E-state index in [1.54, 1.807) is 0 Å². The molecule has 0 saturated carbocycles. The highest BCUT2D eigenvalue weighted by molar-refractivity contribution is 5.81. The molecule has 0 radical (unpaired) electrons. The van der Waals surface area contributed by atoms with Crippen molar-refractivity contribution in [2.75, 3.05) is 18.9 Å². The van der Waals surface area contributed by atoms with Crippen molar-refractivity contribution in [3.63, 3.8) is 0 Å². The Morgan fingerprint density at radius 2 is 2.05 bits per heavy atom. The van der Waals surface area contributed by atoms with Crippen LogP contribution in [0.4, 0.5) is 5.82 Å². The normalized spacial score (nSPS) is 32.9. The molecule has 1 aliphatic heterocycles. The summed E-state index contributed by atoms with van der Waals surface area (Å²) in [4.78, 5) is 11.8. The minimum Gasteiger partial charge on any atom is -0.394 e. The molecule has 2 unspecified atom stereocenters. The van der Waals surface area contributed by atoms with Gasteiger partial charge in [0, 0.05) is 0 Å². The predicted octanol–water partition coefficient (Wildman–Crippen LogP) is -2.83. The van der Waals surface area contributed by atoms with Crippen LogP contribution in [0.25, 0.3) is 11.2 Å². The number of aliphatic hydroxyl groups excluding tert-OH is 4. The molecule has 1 saturated heterocycles. The van der Waals surface area contributed by atoms with Gasteiger partial charge in [-0.2, -0.15) is 0 Å². The number of imidazole rings is 1. The molecule has 2 aromatic rings. The lowest BCUT2D eigenvalue weighted by atomic mass is 10.0. The fourth-order valence-corrected chi connectivity index (χ4v) is 2.55. The molecule has 6 N–H and O–H groups in total. The van der Waals surface area contributed by atoms with Gasteiger partial charge in [0.25, 0.3) is 0 Å². The second kappa shape index (κ2) is 4.86. The van der Waals surface area contributed by atoms with Crippen LogP contribution in [0.3, 0.4) is 0 Å². The zero-order chi connectivity index (χ0) is 15.2. The number of fused-ring (bicyclic) bond motifs is 1. The van der Waals surface area contributed by atoms with Gasteiger partial charge < -0.3 is 30.9 Å². The summed E-state index contributed by atoms with van der Waals surface area (Å²) < 4.78 is 6.77. The minimum atomic E-state index is -1.71. The Hall–Kier alpha value is -1.85. The van der Waals surface area contributed by atoms with Crippen LogP contribution >= 0.6 is 0 Å². The third kappa shape index (κ3) is 1.81. The summed E-state index contributed by atoms with van der Waals surface area (Å²) in [6.45, 7) is -1.17. The molecule has 0 aromatic carbocycles. The molecule has 0 spiro atoms. The Bertz CT molecular complexity index is 663. The second-order valence-electron chi connectivity index (χ2n) is 4.82. The van der Waals surface area contributed by atoms with Crippen LogP contribution in [0.1, 0.15) is 0 Å². The SMILES string of the molecule is Nc1ncnc2c1ncn2[C@]1(CO)O[C@H](CO)C(O)C1O. The molecule has 4 atom stereocenters. The van der Waals surface area contributed by atoms with Crippen LogP contribution in [0, 0.1) is 0 Å². The van der Waals surface area contributed by atoms with Crippen molar-refractivity contribution in [2.24, 2.45) is 0 Å². The molecule has 0 aliphatic carbocycles. The molecule has 0 amide bonds. The first-order valence-electron chi connectivity index (χ1n) is 6.25. The van der Waals surface area contributed by atoms with Gasteiger partial charge in [-0.05, 0) is 0 Å². The van der Waals surface area contributed by atoms with E-state index in [0.29, 0.717) is 0 Å². The highest BCUT2D eigenvalue weighted by Gasteiger charge is 2.55. The highest BCUT2D eigenvalue weighted by Crippen LogP contribution is 2.37. The highest BCUT2D eigenvalue weighted by atomic mass is 16.6. The largest absolute Gasteiger partial charge is 0.394 e. The Morgan fingerprint density at radius 3 is 2.67 bits per heavy atom. The Labute approximate surface area is 118 Å². The molecule has 10 nitrogen and oxygen atoms in total. The summed E-state index contributed by atoms with van der Waals surface area (Å²) in [5, 5.41) is 39.1. The molecule has 3 rings (SSSR count). The van der Waals surface area contributed by atoms with Gasteiger partial charge in [0.15, 0.2) is 17.2 Å². The first kappa shape index (κ1) is 14.1. The quantitative estimate of drug-likeness (QED) is 0.402. The number of nitrogens with zero attached hydrogens (tertiary/aromatic N) is 4. The summed E-state index contributed by atoms with van der Waals surface area (Å²) in [7, 11) is 0. The van der Waals surface area contributed by atoms with Crippen LogP contribution < -0.4 is 5.73 Å². The average molecular weight is 297 g/mol. The van der Waals surface area contributed by atoms with Crippen molar-refractivity contribution >= 4 is 17.0 Å². The first-order chi connectivity index (χ1) is 10.0. The molecule has 10 heteroatoms. The van der Waals surface area contributed by atoms with E-state index in [1.807, 2.05) is 0 Å². The molecule has 114 valence electrons. The van der Waals surface area contributed by atoms with Crippen LogP contribution in [0.15, 0.2) is 12.7 Å². The molecule has 1 fully saturated rings. The zero-order valence-corrected chi connectivity index (χ0v) is 10.9. The molecular formula is C11H15N5O5. The van der Waals surface area contributed by atoms with E-state index in [2.05, 4.69) is 15.0 Å². The summed E-state index contributed by atoms with van der Waals surface area (Å²) in [6.07, 6.45) is -1.39. The van der Waals surface area contributed by atoms with E-state index in [4.69, 9.17) is 10.5 Å². The van der Waals surface area contributed by atoms with Crippen molar-refractivity contribution in [2.45, 2.75) is 24.0 Å². The maximum absolute atomic E-state index is 10.2. The Kier molecular flexibility index (Phi) is 3.26. The van der Waals surface area contributed by atoms with Gasteiger partial charge in [0.2, 0.25) is 0 Å². The van der Waals surface area contributed by atoms with Gasteiger partial charge in [-0.25, -0.2) is 15.0 Å². The van der Waals surface area contributed by atoms with E-state index >= 15 is 0 Å². The number of nitrogen functional groups attached to an aromatic ring is 1. The van der Waals surface area contributed by atoms with E-state index in [0.717, 1.165) is 0 Å². The molecule has 21 heavy (non-hydrogen) atoms. The molecule has 2 aromatic heterocycles. The topological polar surface area (TPSA) is 160 Å². The van der Waals surface area contributed by atoms with Gasteiger partial charge in [0.1, 0.15) is 30.2 Å². The Balaban J connectivity index is 2.17. The van der Waals surface area contributed by atoms with E-state index < -0.39 is 37.3 Å². The second-order valence-corrected chi connectivity index (χ2v) is 4.82. The van der Waals surface area contributed by atoms with Gasteiger partial charge in [-0.15, -0.1) is 0 Å². The molecular weight excluding hydrogens is 282 g/mol. The lowest BCUT2D eigenvalue weighted by Gasteiger charge is -2.31. The van der Waals surface area contributed by atoms with Crippen LogP contribution in [-0.4, -0.2) is 71.5 Å². The maximum atomic E-state index is 10.2. The lowest BCUT2D eigenvalue weighted by molar-refractivity contribution is -0.169. The fourth-order valence-electron chi connectivity index (χ4n) is 2.55. The third-order valence-corrected chi connectivity index (χ3v) is 3.70. The number of anilines is 1. The third-order valence-electron chi connectivity index (χ3n) is 3.70. The maximum Gasteiger partial charge on any atom is 0.199 e. The molecule has 0 bridgehead atoms. The zero-order valence-electron chi connectivity index (χ0n) is 10.9. The van der Waals surface area contributed by atoms with Gasteiger partial charge in [-0.3, -0.25) is 4.57 Å². The lowest BCUT2D eigenvalue weighted by Crippen LogP contribution is -2.48. The average Bonchev–Trinajstić information content (AvgIpc) is 3.03. The van der Waals surface area contributed by atoms with Crippen molar-refractivity contribution in [3.8, 4) is 0 Å². The Morgan fingerprint density at radius 1 is 1.29 bits per heavy atom. The molecule has 3 heterocycles. The van der Waals surface area contributed by atoms with Gasteiger partial charge in [0.05, 0.1) is 19.5 Å². The van der Waals surface area contributed by atoms with Crippen molar-refractivity contribution in [1.29, 1.82) is 0 Å². The van der Waals surface area contributed by atoms with Crippen LogP contribution in [-0.2, 0) is 10.5 Å². The number of hydrogen-bond donors (Lipinski definition) is 5. The summed E-state index contributed by atoms with van der Waals surface area (Å²) >= 11 is 0. The van der Waals surface area contributed by atoms with Crippen LogP contribution in [0.2, 0.25) is 0 Å². The van der Waals surface area contributed by atoms with E-state index in [1.165, 1.54) is 17.2 Å². The summed E-state index contributed by atoms with van der Waals surface area (Å²) in [6, 6.07) is 0. The first-order valence-corrected chi connectivity index (χ1v) is 6.25. The van der Waals surface area contributed by atoms with Crippen molar-refractivity contribution in [3.05, 3.63) is 12.7 Å². The van der Waals surface area contributed by atoms with Gasteiger partial charge >= 0.3 is 0 Å². The minimum absolute atomic E-state index is 0.138. The number of ether oxygens (including phenoxy) is 1. The summed E-state index contributed by atoms with van der Waals surface area (Å²) in [5.41, 5.74) is 4.50. The predicted molar refractivity (Wildman–Crippen MR) is 68.8 cm³/mol. The molecule has 1 aliphatic rings. The van der Waals surface area contributed by atoms with Gasteiger partial charge in [-0.1, -0.05) is 0 Å².